The van der Waals surface area contributed by atoms with Crippen LogP contribution in [0.15, 0.2) is 85.1 Å². The maximum absolute atomic E-state index is 12.8. The molecule has 0 aromatic carbocycles. The molecule has 0 rings (SSSR count). The Bertz CT molecular complexity index is 1130. The SMILES string of the molecule is CC/C=C\C/C=C\C/C=C\C/C=C\CCC(=O)OCC(COCCCCCCCCCC/C=C\CCCCCCCC)OC(=O)CCCCCCC/C=C\C/C=C\CCC. The van der Waals surface area contributed by atoms with Gasteiger partial charge in [0.05, 0.1) is 6.61 Å². The Morgan fingerprint density at radius 3 is 1.35 bits per heavy atom. The van der Waals surface area contributed by atoms with Crippen molar-refractivity contribution in [3.8, 4) is 0 Å². The highest BCUT2D eigenvalue weighted by Crippen LogP contribution is 2.13. The fraction of sp³-hybridized carbons (Fsp3) is 0.709. The maximum atomic E-state index is 12.8. The van der Waals surface area contributed by atoms with Crippen LogP contribution in [0.1, 0.15) is 226 Å². The summed E-state index contributed by atoms with van der Waals surface area (Å²) < 4.78 is 17.3. The van der Waals surface area contributed by atoms with Crippen LogP contribution < -0.4 is 0 Å². The molecule has 0 N–H and O–H groups in total. The first-order valence-corrected chi connectivity index (χ1v) is 25.1. The highest BCUT2D eigenvalue weighted by molar-refractivity contribution is 5.70. The number of esters is 2. The van der Waals surface area contributed by atoms with E-state index in [4.69, 9.17) is 14.2 Å². The average Bonchev–Trinajstić information content (AvgIpc) is 3.25. The van der Waals surface area contributed by atoms with Crippen LogP contribution in [0.25, 0.3) is 0 Å². The van der Waals surface area contributed by atoms with Gasteiger partial charge in [0.1, 0.15) is 6.61 Å². The van der Waals surface area contributed by atoms with Crippen molar-refractivity contribution in [1.82, 2.24) is 0 Å². The predicted molar refractivity (Wildman–Crippen MR) is 260 cm³/mol. The van der Waals surface area contributed by atoms with Crippen LogP contribution in [0.5, 0.6) is 0 Å². The van der Waals surface area contributed by atoms with Crippen molar-refractivity contribution >= 4 is 11.9 Å². The summed E-state index contributed by atoms with van der Waals surface area (Å²) in [6.45, 7) is 7.55. The maximum Gasteiger partial charge on any atom is 0.306 e. The molecule has 1 atom stereocenters. The molecule has 0 aromatic rings. The fourth-order valence-corrected chi connectivity index (χ4v) is 6.67. The van der Waals surface area contributed by atoms with Crippen LogP contribution in [-0.2, 0) is 23.8 Å². The van der Waals surface area contributed by atoms with Crippen LogP contribution in [0.4, 0.5) is 0 Å². The zero-order valence-corrected chi connectivity index (χ0v) is 39.5. The van der Waals surface area contributed by atoms with Gasteiger partial charge in [0.2, 0.25) is 0 Å². The Hall–Kier alpha value is -2.92. The van der Waals surface area contributed by atoms with E-state index in [0.29, 0.717) is 25.9 Å². The van der Waals surface area contributed by atoms with Crippen molar-refractivity contribution in [3.05, 3.63) is 85.1 Å². The van der Waals surface area contributed by atoms with Crippen molar-refractivity contribution in [3.63, 3.8) is 0 Å². The van der Waals surface area contributed by atoms with Crippen molar-refractivity contribution in [2.24, 2.45) is 0 Å². The number of ether oxygens (including phenoxy) is 3. The molecule has 0 aliphatic carbocycles. The van der Waals surface area contributed by atoms with Crippen molar-refractivity contribution in [1.29, 1.82) is 0 Å². The molecular formula is C55H94O5. The summed E-state index contributed by atoms with van der Waals surface area (Å²) in [7, 11) is 0. The van der Waals surface area contributed by atoms with Crippen LogP contribution in [-0.4, -0.2) is 37.9 Å². The van der Waals surface area contributed by atoms with E-state index in [1.807, 2.05) is 6.08 Å². The molecule has 0 fully saturated rings. The summed E-state index contributed by atoms with van der Waals surface area (Å²) in [5.74, 6) is -0.510. The minimum atomic E-state index is -0.576. The first kappa shape index (κ1) is 57.1. The summed E-state index contributed by atoms with van der Waals surface area (Å²) in [4.78, 5) is 25.3. The Morgan fingerprint density at radius 2 is 0.817 bits per heavy atom. The molecule has 5 nitrogen and oxygen atoms in total. The van der Waals surface area contributed by atoms with Gasteiger partial charge in [-0.3, -0.25) is 9.59 Å². The predicted octanol–water partition coefficient (Wildman–Crippen LogP) is 16.9. The Morgan fingerprint density at radius 1 is 0.383 bits per heavy atom. The molecule has 0 amide bonds. The van der Waals surface area contributed by atoms with E-state index >= 15 is 0 Å². The van der Waals surface area contributed by atoms with Gasteiger partial charge in [0, 0.05) is 19.4 Å². The van der Waals surface area contributed by atoms with Gasteiger partial charge in [-0.05, 0) is 96.3 Å². The number of hydrogen-bond acceptors (Lipinski definition) is 5. The third-order valence-corrected chi connectivity index (χ3v) is 10.4. The number of carbonyl (C=O) groups excluding carboxylic acids is 2. The van der Waals surface area contributed by atoms with Gasteiger partial charge in [-0.1, -0.05) is 202 Å². The van der Waals surface area contributed by atoms with E-state index in [1.165, 1.54) is 109 Å². The van der Waals surface area contributed by atoms with E-state index < -0.39 is 6.10 Å². The monoisotopic (exact) mass is 835 g/mol. The molecule has 0 saturated carbocycles. The zero-order chi connectivity index (χ0) is 43.5. The lowest BCUT2D eigenvalue weighted by molar-refractivity contribution is -0.162. The molecule has 0 heterocycles. The van der Waals surface area contributed by atoms with Gasteiger partial charge in [-0.15, -0.1) is 0 Å². The summed E-state index contributed by atoms with van der Waals surface area (Å²) in [6, 6.07) is 0. The minimum absolute atomic E-state index is 0.0373. The molecule has 0 spiro atoms. The molecule has 60 heavy (non-hydrogen) atoms. The fourth-order valence-electron chi connectivity index (χ4n) is 6.67. The van der Waals surface area contributed by atoms with E-state index in [9.17, 15) is 9.59 Å². The van der Waals surface area contributed by atoms with E-state index in [2.05, 4.69) is 99.8 Å². The normalized spacial score (nSPS) is 12.9. The summed E-state index contributed by atoms with van der Waals surface area (Å²) in [5, 5.41) is 0. The Labute approximate surface area is 371 Å². The van der Waals surface area contributed by atoms with E-state index in [-0.39, 0.29) is 25.2 Å². The van der Waals surface area contributed by atoms with Gasteiger partial charge in [0.25, 0.3) is 0 Å². The first-order valence-electron chi connectivity index (χ1n) is 25.1. The highest BCUT2D eigenvalue weighted by atomic mass is 16.6. The molecule has 0 aliphatic rings. The van der Waals surface area contributed by atoms with Gasteiger partial charge >= 0.3 is 11.9 Å². The molecule has 0 aliphatic heterocycles. The van der Waals surface area contributed by atoms with Crippen molar-refractivity contribution in [2.45, 2.75) is 232 Å². The summed E-state index contributed by atoms with van der Waals surface area (Å²) in [5.41, 5.74) is 0. The first-order chi connectivity index (χ1) is 29.6. The number of allylic oxidation sites excluding steroid dienone is 14. The van der Waals surface area contributed by atoms with E-state index in [1.54, 1.807) is 0 Å². The molecule has 0 radical (unpaired) electrons. The Kier molecular flexibility index (Phi) is 48.0. The lowest BCUT2D eigenvalue weighted by atomic mass is 10.1. The number of hydrogen-bond donors (Lipinski definition) is 0. The molecule has 0 bridgehead atoms. The molecular weight excluding hydrogens is 741 g/mol. The third-order valence-electron chi connectivity index (χ3n) is 10.4. The summed E-state index contributed by atoms with van der Waals surface area (Å²) in [6.07, 6.45) is 66.0. The second kappa shape index (κ2) is 50.4. The van der Waals surface area contributed by atoms with Crippen LogP contribution >= 0.6 is 0 Å². The lowest BCUT2D eigenvalue weighted by Crippen LogP contribution is -2.30. The molecule has 5 heteroatoms. The van der Waals surface area contributed by atoms with Gasteiger partial charge in [-0.2, -0.15) is 0 Å². The quantitative estimate of drug-likeness (QED) is 0.0347. The average molecular weight is 835 g/mol. The topological polar surface area (TPSA) is 61.8 Å². The van der Waals surface area contributed by atoms with Gasteiger partial charge in [0.15, 0.2) is 6.10 Å². The largest absolute Gasteiger partial charge is 0.462 e. The minimum Gasteiger partial charge on any atom is -0.462 e. The molecule has 1 unspecified atom stereocenters. The van der Waals surface area contributed by atoms with Crippen LogP contribution in [0, 0.1) is 0 Å². The molecule has 0 saturated heterocycles. The van der Waals surface area contributed by atoms with Crippen LogP contribution in [0.3, 0.4) is 0 Å². The zero-order valence-electron chi connectivity index (χ0n) is 39.5. The standard InChI is InChI=1S/C55H94O5/c1-4-7-10-13-16-19-22-25-26-27-28-29-32-35-38-41-44-47-50-58-51-53(60-55(57)49-46-43-40-37-34-31-24-21-18-15-12-9-6-3)52-59-54(56)48-45-42-39-36-33-30-23-20-17-14-11-8-5-2/h8,11-12,15,17,20-21,24-26,30,33,39,42,53H,4-7,9-10,13-14,16,18-19,22-23,27-29,31-32,34-38,40-41,43-52H2,1-3H3/b11-8-,15-12-,20-17-,24-21-,26-25-,33-30-,42-39-. The number of carbonyl (C=O) groups is 2. The second-order valence-corrected chi connectivity index (χ2v) is 16.3. The smallest absolute Gasteiger partial charge is 0.306 e. The third kappa shape index (κ3) is 47.8. The van der Waals surface area contributed by atoms with E-state index in [0.717, 1.165) is 77.0 Å². The van der Waals surface area contributed by atoms with Crippen molar-refractivity contribution < 1.29 is 23.8 Å². The van der Waals surface area contributed by atoms with Gasteiger partial charge in [-0.25, -0.2) is 0 Å². The molecule has 344 valence electrons. The lowest BCUT2D eigenvalue weighted by Gasteiger charge is -2.18. The highest BCUT2D eigenvalue weighted by Gasteiger charge is 2.17. The van der Waals surface area contributed by atoms with Gasteiger partial charge < -0.3 is 14.2 Å². The second-order valence-electron chi connectivity index (χ2n) is 16.3. The number of unbranched alkanes of at least 4 members (excludes halogenated alkanes) is 20. The molecule has 0 aromatic heterocycles. The summed E-state index contributed by atoms with van der Waals surface area (Å²) >= 11 is 0. The van der Waals surface area contributed by atoms with Crippen LogP contribution in [0.2, 0.25) is 0 Å². The Balaban J connectivity index is 4.35. The van der Waals surface area contributed by atoms with Crippen molar-refractivity contribution in [2.75, 3.05) is 19.8 Å². The number of rotatable bonds is 45.